The molecule has 0 amide bonds. The van der Waals surface area contributed by atoms with E-state index in [-0.39, 0.29) is 0 Å². The van der Waals surface area contributed by atoms with Gasteiger partial charge in [0, 0.05) is 0 Å². The first-order valence-corrected chi connectivity index (χ1v) is 4.35. The van der Waals surface area contributed by atoms with Gasteiger partial charge in [0.05, 0.1) is 0 Å². The molecule has 1 nitrogen and oxygen atoms in total. The maximum Gasteiger partial charge on any atom is 0.214 e. The summed E-state index contributed by atoms with van der Waals surface area (Å²) in [5.41, 5.74) is 0. The van der Waals surface area contributed by atoms with Crippen LogP contribution in [-0.4, -0.2) is 19.5 Å². The van der Waals surface area contributed by atoms with Gasteiger partial charge in [0.2, 0.25) is 19.5 Å². The molecule has 1 heterocycles. The summed E-state index contributed by atoms with van der Waals surface area (Å²) in [5.74, 6) is 0. The maximum atomic E-state index is 5.12. The molecule has 32 valence electrons. The third-order valence-electron chi connectivity index (χ3n) is 0.702. The molecule has 0 aromatic carbocycles. The molecule has 1 fully saturated rings. The van der Waals surface area contributed by atoms with Crippen LogP contribution in [0.4, 0.5) is 0 Å². The molecule has 0 aromatic rings. The van der Waals surface area contributed by atoms with Crippen molar-refractivity contribution in [3.63, 3.8) is 0 Å². The Labute approximate surface area is 43.0 Å². The Balaban J connectivity index is 2.00. The molecule has 4 radical (unpaired) electrons. The van der Waals surface area contributed by atoms with Gasteiger partial charge in [-0.1, -0.05) is 6.42 Å². The van der Waals surface area contributed by atoms with Gasteiger partial charge in [-0.2, -0.15) is 0 Å². The third kappa shape index (κ3) is 1.24. The van der Waals surface area contributed by atoms with Crippen LogP contribution < -0.4 is 0 Å². The van der Waals surface area contributed by atoms with Crippen molar-refractivity contribution in [1.82, 2.24) is 0 Å². The van der Waals surface area contributed by atoms with Gasteiger partial charge >= 0.3 is 0 Å². The van der Waals surface area contributed by atoms with E-state index in [1.807, 2.05) is 0 Å². The van der Waals surface area contributed by atoms with Crippen molar-refractivity contribution in [2.45, 2.75) is 18.5 Å². The summed E-state index contributed by atoms with van der Waals surface area (Å²) in [4.78, 5) is 0. The minimum atomic E-state index is 0.814. The van der Waals surface area contributed by atoms with Gasteiger partial charge in [-0.05, 0) is 12.1 Å². The third-order valence-corrected chi connectivity index (χ3v) is 2.97. The first-order chi connectivity index (χ1) is 3.00. The molecule has 0 bridgehead atoms. The zero-order valence-electron chi connectivity index (χ0n) is 3.53. The molecule has 0 N–H and O–H groups in total. The Bertz CT molecular complexity index is 24.3. The van der Waals surface area contributed by atoms with Gasteiger partial charge in [-0.3, -0.25) is 0 Å². The lowest BCUT2D eigenvalue weighted by Crippen LogP contribution is -2.08. The molecule has 1 saturated heterocycles. The van der Waals surface area contributed by atoms with Crippen LogP contribution in [0.25, 0.3) is 0 Å². The SMILES string of the molecule is C1C[Si]O[Si]C1. The van der Waals surface area contributed by atoms with Crippen LogP contribution in [0.3, 0.4) is 0 Å². The highest BCUT2D eigenvalue weighted by molar-refractivity contribution is 6.44. The van der Waals surface area contributed by atoms with Crippen LogP contribution in [0.1, 0.15) is 6.42 Å². The van der Waals surface area contributed by atoms with Crippen molar-refractivity contribution in [3.05, 3.63) is 0 Å². The summed E-state index contributed by atoms with van der Waals surface area (Å²) in [6.07, 6.45) is 1.40. The van der Waals surface area contributed by atoms with Crippen molar-refractivity contribution in [2.24, 2.45) is 0 Å². The Morgan fingerprint density at radius 1 is 1.17 bits per heavy atom. The number of hydrogen-bond donors (Lipinski definition) is 0. The van der Waals surface area contributed by atoms with Crippen LogP contribution in [0.5, 0.6) is 0 Å². The van der Waals surface area contributed by atoms with Crippen LogP contribution in [0.2, 0.25) is 12.1 Å². The standard InChI is InChI=1S/C3H6OSi2/c1-2-5-4-6-3-1/h1-3H2. The Kier molecular flexibility index (Phi) is 1.93. The van der Waals surface area contributed by atoms with Gasteiger partial charge in [0.1, 0.15) is 0 Å². The smallest absolute Gasteiger partial charge is 0.214 e. The van der Waals surface area contributed by atoms with Crippen molar-refractivity contribution in [3.8, 4) is 0 Å². The van der Waals surface area contributed by atoms with Crippen LogP contribution in [-0.2, 0) is 4.12 Å². The molecule has 0 atom stereocenters. The summed E-state index contributed by atoms with van der Waals surface area (Å²) >= 11 is 0. The molecular weight excluding hydrogens is 108 g/mol. The Morgan fingerprint density at radius 3 is 2.00 bits per heavy atom. The molecular formula is C3H6OSi2. The molecule has 3 heteroatoms. The molecule has 0 spiro atoms. The van der Waals surface area contributed by atoms with Gasteiger partial charge in [-0.15, -0.1) is 0 Å². The number of hydrogen-bond acceptors (Lipinski definition) is 1. The summed E-state index contributed by atoms with van der Waals surface area (Å²) in [6, 6.07) is 2.62. The predicted octanol–water partition coefficient (Wildman–Crippen LogP) is 0.482. The van der Waals surface area contributed by atoms with Gasteiger partial charge in [0.15, 0.2) is 0 Å². The van der Waals surface area contributed by atoms with Gasteiger partial charge in [-0.25, -0.2) is 0 Å². The second-order valence-corrected chi connectivity index (χ2v) is 3.64. The largest absolute Gasteiger partial charge is 0.457 e. The summed E-state index contributed by atoms with van der Waals surface area (Å²) < 4.78 is 5.12. The van der Waals surface area contributed by atoms with Gasteiger partial charge in [0.25, 0.3) is 0 Å². The molecule has 0 aromatic heterocycles. The highest BCUT2D eigenvalue weighted by atomic mass is 28.3. The van der Waals surface area contributed by atoms with E-state index in [2.05, 4.69) is 0 Å². The van der Waals surface area contributed by atoms with Crippen LogP contribution in [0, 0.1) is 0 Å². The van der Waals surface area contributed by atoms with Crippen molar-refractivity contribution in [1.29, 1.82) is 0 Å². The highest BCUT2D eigenvalue weighted by Crippen LogP contribution is 2.00. The molecule has 0 unspecified atom stereocenters. The monoisotopic (exact) mass is 114 g/mol. The first kappa shape index (κ1) is 4.55. The first-order valence-electron chi connectivity index (χ1n) is 2.12. The molecule has 0 aliphatic carbocycles. The fourth-order valence-corrected chi connectivity index (χ4v) is 2.61. The van der Waals surface area contributed by atoms with Gasteiger partial charge < -0.3 is 4.12 Å². The summed E-state index contributed by atoms with van der Waals surface area (Å²) in [7, 11) is 1.63. The quantitative estimate of drug-likeness (QED) is 0.416. The minimum absolute atomic E-state index is 0.814. The van der Waals surface area contributed by atoms with Crippen LogP contribution in [0.15, 0.2) is 0 Å². The fraction of sp³-hybridized carbons (Fsp3) is 1.00. The average molecular weight is 114 g/mol. The van der Waals surface area contributed by atoms with E-state index < -0.39 is 0 Å². The molecule has 6 heavy (non-hydrogen) atoms. The average Bonchev–Trinajstić information content (AvgIpc) is 1.72. The predicted molar refractivity (Wildman–Crippen MR) is 26.8 cm³/mol. The molecule has 1 rings (SSSR count). The molecule has 1 aliphatic heterocycles. The summed E-state index contributed by atoms with van der Waals surface area (Å²) in [5, 5.41) is 0. The van der Waals surface area contributed by atoms with Crippen LogP contribution >= 0.6 is 0 Å². The zero-order valence-corrected chi connectivity index (χ0v) is 5.53. The second-order valence-electron chi connectivity index (χ2n) is 1.24. The van der Waals surface area contributed by atoms with E-state index in [0.29, 0.717) is 0 Å². The second kappa shape index (κ2) is 2.55. The van der Waals surface area contributed by atoms with E-state index >= 15 is 0 Å². The van der Waals surface area contributed by atoms with E-state index in [1.54, 1.807) is 0 Å². The lowest BCUT2D eigenvalue weighted by atomic mass is 10.6. The van der Waals surface area contributed by atoms with Crippen molar-refractivity contribution in [2.75, 3.05) is 0 Å². The fourth-order valence-electron chi connectivity index (χ4n) is 0.386. The molecule has 0 saturated carbocycles. The lowest BCUT2D eigenvalue weighted by Gasteiger charge is -2.04. The Morgan fingerprint density at radius 2 is 1.83 bits per heavy atom. The maximum absolute atomic E-state index is 5.12. The lowest BCUT2D eigenvalue weighted by molar-refractivity contribution is 0.607. The van der Waals surface area contributed by atoms with E-state index in [1.165, 1.54) is 18.5 Å². The normalized spacial score (nSPS) is 24.0. The summed E-state index contributed by atoms with van der Waals surface area (Å²) in [6.45, 7) is 0. The van der Waals surface area contributed by atoms with Crippen molar-refractivity contribution < 1.29 is 4.12 Å². The number of rotatable bonds is 0. The topological polar surface area (TPSA) is 9.23 Å². The van der Waals surface area contributed by atoms with E-state index in [0.717, 1.165) is 19.5 Å². The van der Waals surface area contributed by atoms with Crippen molar-refractivity contribution >= 4 is 19.5 Å². The van der Waals surface area contributed by atoms with E-state index in [9.17, 15) is 0 Å². The Hall–Kier alpha value is 0.394. The zero-order chi connectivity index (χ0) is 4.24. The molecule has 1 aliphatic rings. The minimum Gasteiger partial charge on any atom is -0.457 e. The highest BCUT2D eigenvalue weighted by Gasteiger charge is 1.99. The van der Waals surface area contributed by atoms with E-state index in [4.69, 9.17) is 4.12 Å².